The van der Waals surface area contributed by atoms with Crippen molar-refractivity contribution in [1.29, 1.82) is 0 Å². The maximum Gasteiger partial charge on any atom is 0.0413 e. The molecule has 0 aliphatic rings. The molecule has 2 nitrogen and oxygen atoms in total. The molecule has 0 aliphatic heterocycles. The molecule has 1 N–H and O–H groups in total. The van der Waals surface area contributed by atoms with Gasteiger partial charge in [0.05, 0.1) is 0 Å². The van der Waals surface area contributed by atoms with Gasteiger partial charge in [-0.2, -0.15) is 11.8 Å². The first-order valence-electron chi connectivity index (χ1n) is 7.53. The summed E-state index contributed by atoms with van der Waals surface area (Å²) in [6.07, 6.45) is 3.31. The maximum atomic E-state index is 6.20. The Morgan fingerprint density at radius 2 is 2.00 bits per heavy atom. The van der Waals surface area contributed by atoms with Crippen molar-refractivity contribution in [3.05, 3.63) is 28.8 Å². The van der Waals surface area contributed by atoms with Crippen molar-refractivity contribution in [2.45, 2.75) is 52.2 Å². The lowest BCUT2D eigenvalue weighted by Gasteiger charge is -2.31. The molecule has 4 heteroatoms. The van der Waals surface area contributed by atoms with Crippen LogP contribution in [0, 0.1) is 0 Å². The van der Waals surface area contributed by atoms with E-state index in [2.05, 4.69) is 63.3 Å². The predicted molar refractivity (Wildman–Crippen MR) is 98.9 cm³/mol. The van der Waals surface area contributed by atoms with E-state index in [9.17, 15) is 0 Å². The van der Waals surface area contributed by atoms with Gasteiger partial charge in [0, 0.05) is 41.6 Å². The highest BCUT2D eigenvalue weighted by molar-refractivity contribution is 7.98. The van der Waals surface area contributed by atoms with E-state index in [1.165, 1.54) is 11.3 Å². The van der Waals surface area contributed by atoms with E-state index in [0.29, 0.717) is 6.04 Å². The summed E-state index contributed by atoms with van der Waals surface area (Å²) < 4.78 is 0. The van der Waals surface area contributed by atoms with E-state index in [1.54, 1.807) is 0 Å². The molecule has 21 heavy (non-hydrogen) atoms. The fourth-order valence-electron chi connectivity index (χ4n) is 2.29. The minimum Gasteiger partial charge on any atom is -0.371 e. The minimum absolute atomic E-state index is 0.0988. The first-order valence-corrected chi connectivity index (χ1v) is 9.31. The molecule has 120 valence electrons. The van der Waals surface area contributed by atoms with Crippen LogP contribution in [0.3, 0.4) is 0 Å². The van der Waals surface area contributed by atoms with Crippen molar-refractivity contribution in [3.63, 3.8) is 0 Å². The number of hydrogen-bond acceptors (Lipinski definition) is 3. The number of anilines is 1. The van der Waals surface area contributed by atoms with Gasteiger partial charge >= 0.3 is 0 Å². The molecule has 0 bridgehead atoms. The Labute approximate surface area is 139 Å². The average molecular weight is 329 g/mol. The van der Waals surface area contributed by atoms with Gasteiger partial charge in [0.2, 0.25) is 0 Å². The van der Waals surface area contributed by atoms with Gasteiger partial charge in [-0.25, -0.2) is 0 Å². The smallest absolute Gasteiger partial charge is 0.0413 e. The Morgan fingerprint density at radius 3 is 2.52 bits per heavy atom. The van der Waals surface area contributed by atoms with Crippen LogP contribution in [-0.4, -0.2) is 30.6 Å². The molecular weight excluding hydrogens is 300 g/mol. The molecule has 0 saturated heterocycles. The normalized spacial score (nSPS) is 13.3. The van der Waals surface area contributed by atoms with Gasteiger partial charge < -0.3 is 10.2 Å². The van der Waals surface area contributed by atoms with Gasteiger partial charge in [0.15, 0.2) is 0 Å². The Bertz CT molecular complexity index is 443. The van der Waals surface area contributed by atoms with Crippen LogP contribution >= 0.6 is 23.4 Å². The van der Waals surface area contributed by atoms with Crippen LogP contribution in [0.2, 0.25) is 5.02 Å². The van der Waals surface area contributed by atoms with E-state index in [-0.39, 0.29) is 5.54 Å². The number of rotatable bonds is 7. The van der Waals surface area contributed by atoms with Crippen LogP contribution in [0.4, 0.5) is 5.69 Å². The largest absolute Gasteiger partial charge is 0.371 e. The summed E-state index contributed by atoms with van der Waals surface area (Å²) in [6.45, 7) is 9.64. The van der Waals surface area contributed by atoms with E-state index in [0.717, 1.165) is 23.7 Å². The first kappa shape index (κ1) is 18.7. The highest BCUT2D eigenvalue weighted by atomic mass is 35.5. The van der Waals surface area contributed by atoms with Crippen LogP contribution in [0.25, 0.3) is 0 Å². The van der Waals surface area contributed by atoms with Crippen LogP contribution in [0.5, 0.6) is 0 Å². The van der Waals surface area contributed by atoms with E-state index < -0.39 is 0 Å². The van der Waals surface area contributed by atoms with Crippen molar-refractivity contribution < 1.29 is 0 Å². The van der Waals surface area contributed by atoms with Gasteiger partial charge in [-0.15, -0.1) is 0 Å². The molecule has 1 unspecified atom stereocenters. The zero-order valence-corrected chi connectivity index (χ0v) is 15.7. The lowest BCUT2D eigenvalue weighted by Crippen LogP contribution is -2.37. The monoisotopic (exact) mass is 328 g/mol. The summed E-state index contributed by atoms with van der Waals surface area (Å²) in [4.78, 5) is 2.40. The van der Waals surface area contributed by atoms with Gasteiger partial charge in [-0.3, -0.25) is 0 Å². The van der Waals surface area contributed by atoms with Gasteiger partial charge in [-0.05, 0) is 57.2 Å². The molecule has 0 fully saturated rings. The number of halogens is 1. The first-order chi connectivity index (χ1) is 9.78. The molecule has 1 rings (SSSR count). The van der Waals surface area contributed by atoms with Crippen molar-refractivity contribution >= 4 is 29.1 Å². The minimum atomic E-state index is 0.0988. The van der Waals surface area contributed by atoms with Gasteiger partial charge in [0.25, 0.3) is 0 Å². The van der Waals surface area contributed by atoms with Crippen molar-refractivity contribution in [2.75, 3.05) is 24.0 Å². The predicted octanol–water partition coefficient (Wildman–Crippen LogP) is 4.81. The van der Waals surface area contributed by atoms with Crippen LogP contribution in [0.1, 0.15) is 39.7 Å². The fourth-order valence-corrected chi connectivity index (χ4v) is 3.33. The summed E-state index contributed by atoms with van der Waals surface area (Å²) in [5.41, 5.74) is 2.64. The second-order valence-corrected chi connectivity index (χ2v) is 7.85. The van der Waals surface area contributed by atoms with E-state index in [4.69, 9.17) is 11.6 Å². The molecule has 0 aliphatic carbocycles. The summed E-state index contributed by atoms with van der Waals surface area (Å²) >= 11 is 8.10. The van der Waals surface area contributed by atoms with E-state index >= 15 is 0 Å². The molecule has 1 atom stereocenters. The Morgan fingerprint density at radius 1 is 1.33 bits per heavy atom. The Balaban J connectivity index is 2.99. The van der Waals surface area contributed by atoms with Crippen LogP contribution in [-0.2, 0) is 6.54 Å². The summed E-state index contributed by atoms with van der Waals surface area (Å²) in [7, 11) is 2.19. The lowest BCUT2D eigenvalue weighted by atomic mass is 10.1. The third-order valence-electron chi connectivity index (χ3n) is 3.61. The van der Waals surface area contributed by atoms with Gasteiger partial charge in [-0.1, -0.05) is 18.5 Å². The molecule has 0 spiro atoms. The SMILES string of the molecule is CCC(CSC)N(C)c1ccc(Cl)cc1CNC(C)(C)C. The summed E-state index contributed by atoms with van der Waals surface area (Å²) in [5.74, 6) is 1.14. The van der Waals surface area contributed by atoms with Gasteiger partial charge in [0.1, 0.15) is 0 Å². The molecule has 1 aromatic rings. The Hall–Kier alpha value is -0.380. The molecule has 0 saturated carbocycles. The molecule has 0 radical (unpaired) electrons. The standard InChI is InChI=1S/C17H29ClN2S/c1-7-15(12-21-6)20(5)16-9-8-14(18)10-13(16)11-19-17(2,3)4/h8-10,15,19H,7,11-12H2,1-6H3. The van der Waals surface area contributed by atoms with Crippen molar-refractivity contribution in [1.82, 2.24) is 5.32 Å². The Kier molecular flexibility index (Phi) is 7.38. The van der Waals surface area contributed by atoms with Crippen LogP contribution in [0.15, 0.2) is 18.2 Å². The second-order valence-electron chi connectivity index (χ2n) is 6.50. The third-order valence-corrected chi connectivity index (χ3v) is 4.56. The lowest BCUT2D eigenvalue weighted by molar-refractivity contribution is 0.424. The topological polar surface area (TPSA) is 15.3 Å². The molecule has 0 aromatic heterocycles. The fraction of sp³-hybridized carbons (Fsp3) is 0.647. The quantitative estimate of drug-likeness (QED) is 0.773. The van der Waals surface area contributed by atoms with E-state index in [1.807, 2.05) is 17.8 Å². The highest BCUT2D eigenvalue weighted by Crippen LogP contribution is 2.27. The highest BCUT2D eigenvalue weighted by Gasteiger charge is 2.17. The zero-order valence-electron chi connectivity index (χ0n) is 14.2. The number of hydrogen-bond donors (Lipinski definition) is 1. The maximum absolute atomic E-state index is 6.20. The molecule has 0 amide bonds. The number of benzene rings is 1. The third kappa shape index (κ3) is 6.09. The number of nitrogens with one attached hydrogen (secondary N) is 1. The molecule has 0 heterocycles. The molecule has 1 aromatic carbocycles. The zero-order chi connectivity index (χ0) is 16.0. The van der Waals surface area contributed by atoms with Crippen LogP contribution < -0.4 is 10.2 Å². The summed E-state index contributed by atoms with van der Waals surface area (Å²) in [5, 5.41) is 4.36. The number of thioether (sulfide) groups is 1. The van der Waals surface area contributed by atoms with Crippen molar-refractivity contribution in [2.24, 2.45) is 0 Å². The molecular formula is C17H29ClN2S. The summed E-state index contributed by atoms with van der Waals surface area (Å²) in [6, 6.07) is 6.76. The second kappa shape index (κ2) is 8.30. The number of nitrogens with zero attached hydrogens (tertiary/aromatic N) is 1. The van der Waals surface area contributed by atoms with Crippen molar-refractivity contribution in [3.8, 4) is 0 Å². The average Bonchev–Trinajstić information content (AvgIpc) is 2.41.